The number of aromatic hydroxyl groups is 2. The number of hydrogen-bond acceptors (Lipinski definition) is 14. The van der Waals surface area contributed by atoms with Gasteiger partial charge in [0, 0.05) is 17.7 Å². The molecule has 42 heavy (non-hydrogen) atoms. The first-order valence-corrected chi connectivity index (χ1v) is 13.1. The molecule has 0 bridgehead atoms. The van der Waals surface area contributed by atoms with Gasteiger partial charge in [-0.2, -0.15) is 0 Å². The van der Waals surface area contributed by atoms with Crippen LogP contribution in [0.25, 0.3) is 22.3 Å². The highest BCUT2D eigenvalue weighted by molar-refractivity contribution is 5.88. The van der Waals surface area contributed by atoms with Crippen LogP contribution in [0.4, 0.5) is 0 Å². The lowest BCUT2D eigenvalue weighted by molar-refractivity contribution is -0.338. The van der Waals surface area contributed by atoms with Crippen LogP contribution in [-0.2, 0) is 14.2 Å². The highest BCUT2D eigenvalue weighted by atomic mass is 16.7. The molecule has 3 aromatic rings. The third-order valence-electron chi connectivity index (χ3n) is 7.62. The Morgan fingerprint density at radius 1 is 0.881 bits per heavy atom. The summed E-state index contributed by atoms with van der Waals surface area (Å²) in [4.78, 5) is 13.3. The van der Waals surface area contributed by atoms with E-state index in [-0.39, 0.29) is 33.8 Å². The van der Waals surface area contributed by atoms with E-state index in [1.807, 2.05) is 0 Å². The van der Waals surface area contributed by atoms with Gasteiger partial charge < -0.3 is 64.2 Å². The van der Waals surface area contributed by atoms with Crippen molar-refractivity contribution < 1.29 is 64.2 Å². The summed E-state index contributed by atoms with van der Waals surface area (Å²) in [5, 5.41) is 83.0. The minimum Gasteiger partial charge on any atom is -0.508 e. The fraction of sp³-hybridized carbons (Fsp3) is 0.464. The third kappa shape index (κ3) is 5.21. The fourth-order valence-electron chi connectivity index (χ4n) is 5.26. The summed E-state index contributed by atoms with van der Waals surface area (Å²) >= 11 is 0. The zero-order chi connectivity index (χ0) is 30.5. The zero-order valence-electron chi connectivity index (χ0n) is 22.5. The molecule has 1 aromatic heterocycles. The van der Waals surface area contributed by atoms with E-state index in [0.29, 0.717) is 5.56 Å². The Morgan fingerprint density at radius 2 is 1.57 bits per heavy atom. The van der Waals surface area contributed by atoms with Crippen LogP contribution < -0.4 is 10.2 Å². The summed E-state index contributed by atoms with van der Waals surface area (Å²) < 4.78 is 28.5. The number of phenols is 2. The number of rotatable bonds is 6. The smallest absolute Gasteiger partial charge is 0.197 e. The number of methoxy groups -OCH3 is 1. The number of aliphatic hydroxyl groups excluding tert-OH is 6. The monoisotopic (exact) mass is 592 g/mol. The van der Waals surface area contributed by atoms with Crippen LogP contribution in [-0.4, -0.2) is 110 Å². The lowest BCUT2D eigenvalue weighted by Crippen LogP contribution is -2.61. The van der Waals surface area contributed by atoms with Crippen molar-refractivity contribution in [2.24, 2.45) is 0 Å². The van der Waals surface area contributed by atoms with Gasteiger partial charge in [-0.05, 0) is 31.2 Å². The molecular formula is C28H32O14. The Bertz CT molecular complexity index is 1470. The summed E-state index contributed by atoms with van der Waals surface area (Å²) in [6, 6.07) is 8.31. The molecule has 3 heterocycles. The van der Waals surface area contributed by atoms with E-state index in [9.17, 15) is 45.6 Å². The van der Waals surface area contributed by atoms with Crippen LogP contribution in [0.5, 0.6) is 17.2 Å². The molecule has 14 heteroatoms. The number of hydrogen-bond donors (Lipinski definition) is 8. The molecule has 2 aromatic carbocycles. The molecule has 2 fully saturated rings. The van der Waals surface area contributed by atoms with Gasteiger partial charge in [-0.25, -0.2) is 0 Å². The zero-order valence-corrected chi connectivity index (χ0v) is 22.5. The number of ether oxygens (including phenoxy) is 4. The molecule has 0 amide bonds. The van der Waals surface area contributed by atoms with Crippen molar-refractivity contribution in [1.82, 2.24) is 0 Å². The number of phenolic OH excluding ortho intramolecular Hbond substituents is 2. The summed E-state index contributed by atoms with van der Waals surface area (Å²) in [6.07, 6.45) is -15.6. The maximum atomic E-state index is 13.3. The molecule has 0 saturated carbocycles. The summed E-state index contributed by atoms with van der Waals surface area (Å²) in [5.41, 5.74) is -0.477. The minimum absolute atomic E-state index is 0.00915. The second-order valence-corrected chi connectivity index (χ2v) is 10.3. The molecule has 2 aliphatic heterocycles. The van der Waals surface area contributed by atoms with Gasteiger partial charge in [-0.15, -0.1) is 0 Å². The maximum Gasteiger partial charge on any atom is 0.197 e. The number of aliphatic hydroxyl groups is 6. The molecule has 0 radical (unpaired) electrons. The molecule has 0 spiro atoms. The number of fused-ring (bicyclic) bond motifs is 1. The van der Waals surface area contributed by atoms with Gasteiger partial charge >= 0.3 is 0 Å². The molecule has 0 unspecified atom stereocenters. The van der Waals surface area contributed by atoms with Crippen molar-refractivity contribution in [2.75, 3.05) is 13.7 Å². The van der Waals surface area contributed by atoms with Gasteiger partial charge in [0.2, 0.25) is 0 Å². The quantitative estimate of drug-likeness (QED) is 0.176. The van der Waals surface area contributed by atoms with Crippen LogP contribution in [0.1, 0.15) is 18.6 Å². The van der Waals surface area contributed by atoms with Gasteiger partial charge in [0.15, 0.2) is 11.7 Å². The third-order valence-corrected chi connectivity index (χ3v) is 7.62. The molecule has 2 aliphatic rings. The lowest BCUT2D eigenvalue weighted by atomic mass is 9.89. The van der Waals surface area contributed by atoms with E-state index in [2.05, 4.69) is 0 Å². The topological polar surface area (TPSA) is 229 Å². The van der Waals surface area contributed by atoms with Gasteiger partial charge in [0.05, 0.1) is 25.4 Å². The SMILES string of the molecule is COc1cc2oc(-c3ccc(O)cc3)cc(=O)c2c(O)c1[C@@H]1O[C@H](CO)[C@@H](O)[C@H](O)[C@H]1O[C@H]1O[C@@H](C)[C@H](O)[C@@H](O)[C@H]1O. The molecule has 5 rings (SSSR count). The van der Waals surface area contributed by atoms with Crippen molar-refractivity contribution >= 4 is 11.0 Å². The molecule has 10 atom stereocenters. The molecule has 0 aliphatic carbocycles. The second kappa shape index (κ2) is 11.8. The van der Waals surface area contributed by atoms with Gasteiger partial charge in [0.25, 0.3) is 0 Å². The fourth-order valence-corrected chi connectivity index (χ4v) is 5.26. The first-order valence-electron chi connectivity index (χ1n) is 13.1. The van der Waals surface area contributed by atoms with Crippen molar-refractivity contribution in [3.8, 4) is 28.6 Å². The van der Waals surface area contributed by atoms with E-state index >= 15 is 0 Å². The molecule has 228 valence electrons. The standard InChI is InChI=1S/C28H32O14/c1-10-20(32)23(35)25(37)28(39-10)42-27-24(36)21(33)17(9-29)41-26(27)19-15(38-2)8-16-18(22(19)34)13(31)7-14(40-16)11-3-5-12(30)6-4-11/h3-8,10,17,20-21,23-30,32-37H,9H2,1-2H3/t10-,17+,20-,21+,23+,24-,25+,26-,27+,28+/m0/s1. The van der Waals surface area contributed by atoms with Crippen LogP contribution in [0, 0.1) is 0 Å². The van der Waals surface area contributed by atoms with E-state index in [1.54, 1.807) is 0 Å². The van der Waals surface area contributed by atoms with E-state index in [0.717, 1.165) is 6.07 Å². The summed E-state index contributed by atoms with van der Waals surface area (Å²) in [5.74, 6) is -0.606. The Labute approximate surface area is 238 Å². The molecule has 2 saturated heterocycles. The molecule has 8 N–H and O–H groups in total. The van der Waals surface area contributed by atoms with Crippen molar-refractivity contribution in [3.05, 3.63) is 52.2 Å². The van der Waals surface area contributed by atoms with Crippen LogP contribution in [0.2, 0.25) is 0 Å². The van der Waals surface area contributed by atoms with E-state index in [4.69, 9.17) is 23.4 Å². The van der Waals surface area contributed by atoms with Crippen LogP contribution >= 0.6 is 0 Å². The first kappa shape index (κ1) is 30.2. The van der Waals surface area contributed by atoms with Crippen molar-refractivity contribution in [3.63, 3.8) is 0 Å². The Balaban J connectivity index is 1.61. The predicted octanol–water partition coefficient (Wildman–Crippen LogP) is -0.754. The van der Waals surface area contributed by atoms with Crippen LogP contribution in [0.15, 0.2) is 45.6 Å². The highest BCUT2D eigenvalue weighted by Gasteiger charge is 2.51. The highest BCUT2D eigenvalue weighted by Crippen LogP contribution is 2.46. The Morgan fingerprint density at radius 3 is 2.21 bits per heavy atom. The Hall–Kier alpha value is -3.31. The van der Waals surface area contributed by atoms with Crippen molar-refractivity contribution in [1.29, 1.82) is 0 Å². The van der Waals surface area contributed by atoms with Crippen molar-refractivity contribution in [2.45, 2.75) is 68.1 Å². The van der Waals surface area contributed by atoms with Gasteiger partial charge in [0.1, 0.15) is 82.8 Å². The number of benzene rings is 2. The van der Waals surface area contributed by atoms with Gasteiger partial charge in [-0.3, -0.25) is 4.79 Å². The average Bonchev–Trinajstić information content (AvgIpc) is 2.97. The van der Waals surface area contributed by atoms with E-state index in [1.165, 1.54) is 44.4 Å². The summed E-state index contributed by atoms with van der Waals surface area (Å²) in [7, 11) is 1.26. The minimum atomic E-state index is -1.80. The summed E-state index contributed by atoms with van der Waals surface area (Å²) in [6.45, 7) is 0.669. The molecular weight excluding hydrogens is 560 g/mol. The first-order chi connectivity index (χ1) is 20.0. The second-order valence-electron chi connectivity index (χ2n) is 10.3. The Kier molecular flexibility index (Phi) is 8.44. The molecule has 14 nitrogen and oxygen atoms in total. The maximum absolute atomic E-state index is 13.3. The van der Waals surface area contributed by atoms with Crippen LogP contribution in [0.3, 0.4) is 0 Å². The largest absolute Gasteiger partial charge is 0.508 e. The average molecular weight is 593 g/mol. The normalized spacial score (nSPS) is 33.5. The lowest BCUT2D eigenvalue weighted by Gasteiger charge is -2.46. The van der Waals surface area contributed by atoms with E-state index < -0.39 is 79.0 Å². The predicted molar refractivity (Wildman–Crippen MR) is 142 cm³/mol. The van der Waals surface area contributed by atoms with Gasteiger partial charge in [-0.1, -0.05) is 0 Å².